The van der Waals surface area contributed by atoms with Gasteiger partial charge in [0, 0.05) is 42.6 Å². The molecule has 3 aliphatic rings. The molecule has 1 fully saturated rings. The predicted molar refractivity (Wildman–Crippen MR) is 105 cm³/mol. The summed E-state index contributed by atoms with van der Waals surface area (Å²) in [5.74, 6) is 0.791. The van der Waals surface area contributed by atoms with E-state index in [0.717, 1.165) is 29.7 Å². The Kier molecular flexibility index (Phi) is 4.02. The Balaban J connectivity index is 1.34. The Morgan fingerprint density at radius 3 is 2.75 bits per heavy atom. The zero-order chi connectivity index (χ0) is 19.3. The number of ether oxygens (including phenoxy) is 1. The van der Waals surface area contributed by atoms with E-state index in [4.69, 9.17) is 10.5 Å². The van der Waals surface area contributed by atoms with Crippen molar-refractivity contribution in [1.82, 2.24) is 4.90 Å². The summed E-state index contributed by atoms with van der Waals surface area (Å²) >= 11 is 0. The third-order valence-corrected chi connectivity index (χ3v) is 6.71. The van der Waals surface area contributed by atoms with Crippen LogP contribution in [0.3, 0.4) is 0 Å². The minimum atomic E-state index is -0.325. The summed E-state index contributed by atoms with van der Waals surface area (Å²) in [4.78, 5) is 27.4. The summed E-state index contributed by atoms with van der Waals surface area (Å²) in [6.45, 7) is 2.58. The van der Waals surface area contributed by atoms with Crippen molar-refractivity contribution < 1.29 is 14.3 Å². The normalized spacial score (nSPS) is 22.1. The zero-order valence-electron chi connectivity index (χ0n) is 15.8. The highest BCUT2D eigenvalue weighted by atomic mass is 16.5. The van der Waals surface area contributed by atoms with Gasteiger partial charge in [0.1, 0.15) is 5.75 Å². The number of Topliss-reactive ketones (excluding diaryl/α,β-unsaturated/α-hetero) is 1. The van der Waals surface area contributed by atoms with Gasteiger partial charge in [-0.3, -0.25) is 9.59 Å². The van der Waals surface area contributed by atoms with E-state index in [1.54, 1.807) is 0 Å². The molecular formula is C23H24N2O3. The fourth-order valence-corrected chi connectivity index (χ4v) is 5.01. The molecule has 2 N–H and O–H groups in total. The number of carbonyl (C=O) groups is 2. The number of hydrogen-bond donors (Lipinski definition) is 1. The fourth-order valence-electron chi connectivity index (χ4n) is 5.01. The van der Waals surface area contributed by atoms with Gasteiger partial charge in [-0.1, -0.05) is 36.4 Å². The number of piperidine rings is 1. The summed E-state index contributed by atoms with van der Waals surface area (Å²) in [6.07, 6.45) is 2.05. The van der Waals surface area contributed by atoms with E-state index in [-0.39, 0.29) is 23.0 Å². The lowest BCUT2D eigenvalue weighted by molar-refractivity contribution is -0.134. The Labute approximate surface area is 164 Å². The number of carbonyl (C=O) groups excluding carboxylic acids is 2. The number of fused-ring (bicyclic) bond motifs is 3. The molecule has 2 heterocycles. The highest BCUT2D eigenvalue weighted by molar-refractivity contribution is 6.06. The molecule has 5 nitrogen and oxygen atoms in total. The van der Waals surface area contributed by atoms with E-state index in [1.807, 2.05) is 41.3 Å². The first-order valence-corrected chi connectivity index (χ1v) is 9.98. The van der Waals surface area contributed by atoms with E-state index in [1.165, 1.54) is 5.56 Å². The Hall–Kier alpha value is -2.66. The molecule has 0 aromatic heterocycles. The summed E-state index contributed by atoms with van der Waals surface area (Å²) < 4.78 is 5.96. The lowest BCUT2D eigenvalue weighted by atomic mass is 9.74. The molecule has 2 aromatic rings. The molecule has 1 aliphatic carbocycles. The van der Waals surface area contributed by atoms with Crippen LogP contribution in [0.2, 0.25) is 0 Å². The average molecular weight is 376 g/mol. The van der Waals surface area contributed by atoms with Gasteiger partial charge >= 0.3 is 0 Å². The van der Waals surface area contributed by atoms with Crippen molar-refractivity contribution in [3.8, 4) is 5.75 Å². The van der Waals surface area contributed by atoms with Crippen LogP contribution in [0.15, 0.2) is 42.5 Å². The second-order valence-corrected chi connectivity index (χ2v) is 8.20. The van der Waals surface area contributed by atoms with E-state index in [9.17, 15) is 9.59 Å². The zero-order valence-corrected chi connectivity index (χ0v) is 15.8. The van der Waals surface area contributed by atoms with Crippen molar-refractivity contribution >= 4 is 11.7 Å². The molecule has 1 saturated heterocycles. The number of nitrogens with zero attached hydrogens (tertiary/aromatic N) is 1. The number of likely N-dealkylation sites (tertiary alicyclic amines) is 1. The van der Waals surface area contributed by atoms with Crippen LogP contribution in [0, 0.1) is 0 Å². The first kappa shape index (κ1) is 17.4. The van der Waals surface area contributed by atoms with Gasteiger partial charge in [0.2, 0.25) is 5.91 Å². The molecule has 0 bridgehead atoms. The number of hydrogen-bond acceptors (Lipinski definition) is 4. The van der Waals surface area contributed by atoms with E-state index in [2.05, 4.69) is 6.07 Å². The van der Waals surface area contributed by atoms with Crippen LogP contribution < -0.4 is 10.5 Å². The lowest BCUT2D eigenvalue weighted by Gasteiger charge is -2.39. The van der Waals surface area contributed by atoms with E-state index < -0.39 is 0 Å². The smallest absolute Gasteiger partial charge is 0.230 e. The van der Waals surface area contributed by atoms with Gasteiger partial charge < -0.3 is 15.4 Å². The molecular weight excluding hydrogens is 352 g/mol. The number of nitrogens with two attached hydrogens (primary N) is 1. The quantitative estimate of drug-likeness (QED) is 0.875. The van der Waals surface area contributed by atoms with Crippen molar-refractivity contribution in [2.75, 3.05) is 19.7 Å². The third kappa shape index (κ3) is 2.57. The predicted octanol–water partition coefficient (Wildman–Crippen LogP) is 2.77. The largest absolute Gasteiger partial charge is 0.492 e. The molecule has 0 radical (unpaired) electrons. The highest BCUT2D eigenvalue weighted by Gasteiger charge is 2.45. The summed E-state index contributed by atoms with van der Waals surface area (Å²) in [6, 6.07) is 13.7. The standard InChI is InChI=1S/C23H24N2O3/c24-13-15-5-6-21-19(11-15)23(14-28-21)7-9-25(10-8-23)22(27)18-12-20(26)17-4-2-1-3-16(17)18/h1-6,11,18H,7-10,12-14,24H2. The lowest BCUT2D eigenvalue weighted by Crippen LogP contribution is -2.47. The minimum Gasteiger partial charge on any atom is -0.492 e. The van der Waals surface area contributed by atoms with Gasteiger partial charge in [0.15, 0.2) is 5.78 Å². The fraction of sp³-hybridized carbons (Fsp3) is 0.391. The van der Waals surface area contributed by atoms with Crippen molar-refractivity contribution in [3.63, 3.8) is 0 Å². The summed E-state index contributed by atoms with van der Waals surface area (Å²) in [5, 5.41) is 0. The van der Waals surface area contributed by atoms with Gasteiger partial charge in [-0.05, 0) is 30.0 Å². The first-order valence-electron chi connectivity index (χ1n) is 9.98. The van der Waals surface area contributed by atoms with Gasteiger partial charge in [0.05, 0.1) is 12.5 Å². The first-order chi connectivity index (χ1) is 13.6. The average Bonchev–Trinajstić information content (AvgIpc) is 3.26. The van der Waals surface area contributed by atoms with Crippen molar-refractivity contribution in [2.45, 2.75) is 37.1 Å². The highest BCUT2D eigenvalue weighted by Crippen LogP contribution is 2.46. The second-order valence-electron chi connectivity index (χ2n) is 8.20. The number of rotatable bonds is 2. The minimum absolute atomic E-state index is 0.0271. The maximum absolute atomic E-state index is 13.2. The molecule has 1 spiro atoms. The van der Waals surface area contributed by atoms with Crippen LogP contribution in [0.5, 0.6) is 5.75 Å². The van der Waals surface area contributed by atoms with Crippen molar-refractivity contribution in [2.24, 2.45) is 5.73 Å². The van der Waals surface area contributed by atoms with Crippen LogP contribution in [-0.2, 0) is 16.8 Å². The van der Waals surface area contributed by atoms with Crippen LogP contribution in [0.1, 0.15) is 52.2 Å². The van der Waals surface area contributed by atoms with Gasteiger partial charge in [-0.2, -0.15) is 0 Å². The Morgan fingerprint density at radius 2 is 1.96 bits per heavy atom. The maximum Gasteiger partial charge on any atom is 0.230 e. The van der Waals surface area contributed by atoms with E-state index in [0.29, 0.717) is 38.2 Å². The number of amides is 1. The van der Waals surface area contributed by atoms with Crippen molar-refractivity contribution in [3.05, 3.63) is 64.7 Å². The Bertz CT molecular complexity index is 960. The molecule has 1 amide bonds. The van der Waals surface area contributed by atoms with E-state index >= 15 is 0 Å². The summed E-state index contributed by atoms with van der Waals surface area (Å²) in [5.41, 5.74) is 9.75. The summed E-state index contributed by atoms with van der Waals surface area (Å²) in [7, 11) is 0. The second kappa shape index (κ2) is 6.45. The van der Waals surface area contributed by atoms with Crippen LogP contribution in [0.25, 0.3) is 0 Å². The van der Waals surface area contributed by atoms with Crippen LogP contribution in [0.4, 0.5) is 0 Å². The topological polar surface area (TPSA) is 72.6 Å². The molecule has 2 aromatic carbocycles. The molecule has 5 heteroatoms. The monoisotopic (exact) mass is 376 g/mol. The third-order valence-electron chi connectivity index (χ3n) is 6.71. The molecule has 1 atom stereocenters. The molecule has 2 aliphatic heterocycles. The number of benzene rings is 2. The molecule has 5 rings (SSSR count). The SMILES string of the molecule is NCc1ccc2c(c1)C1(CCN(C(=O)C3CC(=O)c4ccccc43)CC1)CO2. The molecule has 1 unspecified atom stereocenters. The van der Waals surface area contributed by atoms with Gasteiger partial charge in [0.25, 0.3) is 0 Å². The van der Waals surface area contributed by atoms with Crippen LogP contribution >= 0.6 is 0 Å². The van der Waals surface area contributed by atoms with Crippen LogP contribution in [-0.4, -0.2) is 36.3 Å². The number of ketones is 1. The molecule has 28 heavy (non-hydrogen) atoms. The van der Waals surface area contributed by atoms with Gasteiger partial charge in [-0.15, -0.1) is 0 Å². The van der Waals surface area contributed by atoms with Crippen molar-refractivity contribution in [1.29, 1.82) is 0 Å². The Morgan fingerprint density at radius 1 is 1.18 bits per heavy atom. The van der Waals surface area contributed by atoms with Gasteiger partial charge in [-0.25, -0.2) is 0 Å². The maximum atomic E-state index is 13.2. The molecule has 0 saturated carbocycles. The molecule has 144 valence electrons.